The summed E-state index contributed by atoms with van der Waals surface area (Å²) in [5, 5.41) is 0.467. The van der Waals surface area contributed by atoms with Gasteiger partial charge in [-0.1, -0.05) is 49.5 Å². The van der Waals surface area contributed by atoms with E-state index in [0.29, 0.717) is 17.0 Å². The third kappa shape index (κ3) is 3.93. The normalized spacial score (nSPS) is 12.5. The molecule has 0 fully saturated rings. The number of halogens is 5. The van der Waals surface area contributed by atoms with E-state index in [2.05, 4.69) is 54.5 Å². The lowest BCUT2D eigenvalue weighted by atomic mass is 10.0. The Bertz CT molecular complexity index is 584. The zero-order valence-corrected chi connectivity index (χ0v) is 15.7. The quantitative estimate of drug-likeness (QED) is 0.321. The van der Waals surface area contributed by atoms with Gasteiger partial charge in [0, 0.05) is 23.5 Å². The number of hydrogen-bond acceptors (Lipinski definition) is 0. The van der Waals surface area contributed by atoms with Crippen molar-refractivity contribution < 1.29 is 4.39 Å². The highest BCUT2D eigenvalue weighted by atomic mass is 127. The minimum atomic E-state index is -0.262. The van der Waals surface area contributed by atoms with Crippen molar-refractivity contribution >= 4 is 66.1 Å². The Morgan fingerprint density at radius 1 is 1.26 bits per heavy atom. The highest BCUT2D eigenvalue weighted by Gasteiger charge is 2.16. The van der Waals surface area contributed by atoms with Crippen molar-refractivity contribution in [2.75, 3.05) is 0 Å². The van der Waals surface area contributed by atoms with Gasteiger partial charge in [0.15, 0.2) is 0 Å². The molecule has 0 aromatic heterocycles. The maximum atomic E-state index is 13.8. The van der Waals surface area contributed by atoms with E-state index in [4.69, 9.17) is 11.6 Å². The largest absolute Gasteiger partial charge is 0.207 e. The second kappa shape index (κ2) is 6.87. The van der Waals surface area contributed by atoms with Gasteiger partial charge < -0.3 is 0 Å². The van der Waals surface area contributed by atoms with E-state index >= 15 is 0 Å². The second-order valence-corrected chi connectivity index (χ2v) is 7.63. The molecule has 1 atom stereocenters. The van der Waals surface area contributed by atoms with E-state index in [-0.39, 0.29) is 10.6 Å². The Balaban J connectivity index is 2.31. The fraction of sp³-hybridized carbons (Fsp3) is 0.143. The van der Waals surface area contributed by atoms with Crippen LogP contribution in [0.3, 0.4) is 0 Å². The summed E-state index contributed by atoms with van der Waals surface area (Å²) >= 11 is 15.4. The van der Waals surface area contributed by atoms with Crippen LogP contribution in [0.25, 0.3) is 0 Å². The van der Waals surface area contributed by atoms with E-state index in [0.717, 1.165) is 13.6 Å². The first-order valence-electron chi connectivity index (χ1n) is 5.51. The molecule has 0 saturated heterocycles. The van der Waals surface area contributed by atoms with Crippen LogP contribution in [0.4, 0.5) is 4.39 Å². The van der Waals surface area contributed by atoms with Gasteiger partial charge in [0.25, 0.3) is 0 Å². The zero-order chi connectivity index (χ0) is 14.0. The van der Waals surface area contributed by atoms with E-state index in [9.17, 15) is 4.39 Å². The van der Waals surface area contributed by atoms with Crippen LogP contribution in [0, 0.1) is 9.39 Å². The summed E-state index contributed by atoms with van der Waals surface area (Å²) in [6.07, 6.45) is 0.512. The maximum Gasteiger partial charge on any atom is 0.127 e. The zero-order valence-electron chi connectivity index (χ0n) is 9.64. The summed E-state index contributed by atoms with van der Waals surface area (Å²) in [4.78, 5) is 0.0197. The first-order valence-corrected chi connectivity index (χ1v) is 8.67. The lowest BCUT2D eigenvalue weighted by Crippen LogP contribution is -2.01. The molecule has 5 heteroatoms. The Morgan fingerprint density at radius 2 is 2.00 bits per heavy atom. The molecule has 100 valence electrons. The van der Waals surface area contributed by atoms with Gasteiger partial charge in [-0.25, -0.2) is 4.39 Å². The molecular formula is C14H9Br2ClFI. The van der Waals surface area contributed by atoms with Crippen LogP contribution >= 0.6 is 66.1 Å². The first kappa shape index (κ1) is 15.7. The summed E-state index contributed by atoms with van der Waals surface area (Å²) < 4.78 is 15.9. The molecule has 1 unspecified atom stereocenters. The van der Waals surface area contributed by atoms with Gasteiger partial charge in [-0.2, -0.15) is 0 Å². The Morgan fingerprint density at radius 3 is 2.68 bits per heavy atom. The van der Waals surface area contributed by atoms with Crippen molar-refractivity contribution in [3.63, 3.8) is 0 Å². The van der Waals surface area contributed by atoms with Crippen LogP contribution in [-0.4, -0.2) is 0 Å². The first-order chi connectivity index (χ1) is 8.99. The number of hydrogen-bond donors (Lipinski definition) is 0. The highest BCUT2D eigenvalue weighted by Crippen LogP contribution is 2.34. The molecule has 0 bridgehead atoms. The van der Waals surface area contributed by atoms with Gasteiger partial charge >= 0.3 is 0 Å². The van der Waals surface area contributed by atoms with Crippen molar-refractivity contribution in [1.82, 2.24) is 0 Å². The molecule has 0 amide bonds. The van der Waals surface area contributed by atoms with E-state index in [1.165, 1.54) is 6.07 Å². The summed E-state index contributed by atoms with van der Waals surface area (Å²) in [6.45, 7) is 0. The Kier molecular flexibility index (Phi) is 5.69. The molecular weight excluding hydrogens is 509 g/mol. The molecule has 0 aliphatic carbocycles. The second-order valence-electron chi connectivity index (χ2n) is 4.04. The van der Waals surface area contributed by atoms with Gasteiger partial charge in [0.2, 0.25) is 0 Å². The van der Waals surface area contributed by atoms with Gasteiger partial charge in [-0.05, 0) is 64.9 Å². The van der Waals surface area contributed by atoms with E-state index < -0.39 is 0 Å². The molecule has 0 spiro atoms. The molecule has 2 rings (SSSR count). The SMILES string of the molecule is Fc1cccc(Cl)c1CC(Br)c1cc(Br)ccc1I. The minimum absolute atomic E-state index is 0.0197. The van der Waals surface area contributed by atoms with Gasteiger partial charge in [0.1, 0.15) is 5.82 Å². The van der Waals surface area contributed by atoms with Crippen LogP contribution in [-0.2, 0) is 6.42 Å². The molecule has 0 radical (unpaired) electrons. The summed E-state index contributed by atoms with van der Waals surface area (Å²) in [7, 11) is 0. The molecule has 0 saturated carbocycles. The van der Waals surface area contributed by atoms with Crippen LogP contribution in [0.2, 0.25) is 5.02 Å². The van der Waals surface area contributed by atoms with Gasteiger partial charge in [-0.15, -0.1) is 0 Å². The minimum Gasteiger partial charge on any atom is -0.207 e. The highest BCUT2D eigenvalue weighted by molar-refractivity contribution is 14.1. The lowest BCUT2D eigenvalue weighted by molar-refractivity contribution is 0.608. The molecule has 19 heavy (non-hydrogen) atoms. The molecule has 0 N–H and O–H groups in total. The fourth-order valence-corrected chi connectivity index (χ4v) is 4.23. The molecule has 2 aromatic rings. The van der Waals surface area contributed by atoms with Gasteiger partial charge in [0.05, 0.1) is 0 Å². The third-order valence-electron chi connectivity index (χ3n) is 2.74. The van der Waals surface area contributed by atoms with Crippen LogP contribution in [0.15, 0.2) is 40.9 Å². The Hall–Kier alpha value is 0.350. The number of benzene rings is 2. The average Bonchev–Trinajstić information content (AvgIpc) is 2.37. The van der Waals surface area contributed by atoms with E-state index in [1.54, 1.807) is 12.1 Å². The number of alkyl halides is 1. The summed E-state index contributed by atoms with van der Waals surface area (Å²) in [6, 6.07) is 10.8. The van der Waals surface area contributed by atoms with Crippen molar-refractivity contribution in [2.45, 2.75) is 11.2 Å². The third-order valence-corrected chi connectivity index (χ3v) is 5.39. The monoisotopic (exact) mass is 516 g/mol. The van der Waals surface area contributed by atoms with E-state index in [1.807, 2.05) is 18.2 Å². The van der Waals surface area contributed by atoms with Crippen molar-refractivity contribution in [2.24, 2.45) is 0 Å². The predicted molar refractivity (Wildman–Crippen MR) is 93.6 cm³/mol. The summed E-state index contributed by atoms with van der Waals surface area (Å²) in [5.74, 6) is -0.262. The fourth-order valence-electron chi connectivity index (χ4n) is 1.77. The molecule has 0 aliphatic heterocycles. The standard InChI is InChI=1S/C14H9Br2ClFI/c15-8-4-5-14(19)9(6-8)11(16)7-10-12(17)2-1-3-13(10)18/h1-6,11H,7H2. The predicted octanol–water partition coefficient (Wildman–Crippen LogP) is 6.52. The smallest absolute Gasteiger partial charge is 0.127 e. The maximum absolute atomic E-state index is 13.8. The van der Waals surface area contributed by atoms with Crippen molar-refractivity contribution in [1.29, 1.82) is 0 Å². The topological polar surface area (TPSA) is 0 Å². The molecule has 2 aromatic carbocycles. The van der Waals surface area contributed by atoms with Crippen molar-refractivity contribution in [3.8, 4) is 0 Å². The molecule has 0 heterocycles. The number of rotatable bonds is 3. The van der Waals surface area contributed by atoms with Gasteiger partial charge in [-0.3, -0.25) is 0 Å². The lowest BCUT2D eigenvalue weighted by Gasteiger charge is -2.14. The summed E-state index contributed by atoms with van der Waals surface area (Å²) in [5.41, 5.74) is 1.66. The van der Waals surface area contributed by atoms with Crippen molar-refractivity contribution in [3.05, 3.63) is 66.4 Å². The Labute approximate surface area is 147 Å². The van der Waals surface area contributed by atoms with Crippen LogP contribution in [0.1, 0.15) is 16.0 Å². The average molecular weight is 518 g/mol. The van der Waals surface area contributed by atoms with Crippen LogP contribution in [0.5, 0.6) is 0 Å². The van der Waals surface area contributed by atoms with Crippen LogP contribution < -0.4 is 0 Å². The molecule has 0 aliphatic rings. The molecule has 0 nitrogen and oxygen atoms in total.